The highest BCUT2D eigenvalue weighted by atomic mass is 35.5. The van der Waals surface area contributed by atoms with E-state index in [4.69, 9.17) is 11.6 Å². The number of benzene rings is 2. The first kappa shape index (κ1) is 25.3. The largest absolute Gasteiger partial charge is 0.343 e. The number of rotatable bonds is 4. The third-order valence-electron chi connectivity index (χ3n) is 6.18. The molecular formula is C26H24ClFN8O2. The number of hydrogen-bond donors (Lipinski definition) is 3. The van der Waals surface area contributed by atoms with Crippen molar-refractivity contribution >= 4 is 35.2 Å². The lowest BCUT2D eigenvalue weighted by molar-refractivity contribution is -0.117. The molecule has 0 aliphatic carbocycles. The highest BCUT2D eigenvalue weighted by Gasteiger charge is 2.20. The van der Waals surface area contributed by atoms with Crippen molar-refractivity contribution in [1.82, 2.24) is 35.5 Å². The number of hydrogen-bond acceptors (Lipinski definition) is 6. The summed E-state index contributed by atoms with van der Waals surface area (Å²) in [5.41, 5.74) is 2.91. The first-order valence-electron chi connectivity index (χ1n) is 12.1. The van der Waals surface area contributed by atoms with Gasteiger partial charge in [0.05, 0.1) is 29.3 Å². The third-order valence-corrected chi connectivity index (χ3v) is 6.42. The molecule has 2 aromatic carbocycles. The molecule has 2 aromatic heterocycles. The summed E-state index contributed by atoms with van der Waals surface area (Å²) in [5, 5.41) is 17.6. The molecule has 0 saturated carbocycles. The van der Waals surface area contributed by atoms with Crippen LogP contribution in [-0.4, -0.2) is 42.0 Å². The van der Waals surface area contributed by atoms with Crippen molar-refractivity contribution in [3.8, 4) is 16.9 Å². The Morgan fingerprint density at radius 3 is 2.92 bits per heavy atom. The Labute approximate surface area is 222 Å². The minimum absolute atomic E-state index is 0.173. The molecule has 1 aliphatic rings. The zero-order valence-electron chi connectivity index (χ0n) is 20.2. The molecule has 194 valence electrons. The van der Waals surface area contributed by atoms with Gasteiger partial charge < -0.3 is 15.6 Å². The van der Waals surface area contributed by atoms with Crippen molar-refractivity contribution in [2.45, 2.75) is 38.1 Å². The lowest BCUT2D eigenvalue weighted by atomic mass is 10.1. The Balaban J connectivity index is 1.39. The minimum atomic E-state index is -0.451. The number of nitrogens with one attached hydrogen (secondary N) is 3. The van der Waals surface area contributed by atoms with Gasteiger partial charge in [-0.1, -0.05) is 24.4 Å². The Hall–Kier alpha value is -4.38. The Bertz CT molecular complexity index is 1480. The first-order valence-corrected chi connectivity index (χ1v) is 12.5. The fourth-order valence-corrected chi connectivity index (χ4v) is 4.51. The summed E-state index contributed by atoms with van der Waals surface area (Å²) >= 11 is 6.17. The topological polar surface area (TPSA) is 130 Å². The monoisotopic (exact) mass is 534 g/mol. The molecule has 3 N–H and O–H groups in total. The number of carbonyl (C=O) groups excluding carboxylic acids is 2. The normalized spacial score (nSPS) is 16.2. The van der Waals surface area contributed by atoms with Gasteiger partial charge in [0.2, 0.25) is 11.8 Å². The molecule has 0 unspecified atom stereocenters. The number of fused-ring (bicyclic) bond motifs is 4. The van der Waals surface area contributed by atoms with Gasteiger partial charge in [-0.2, -0.15) is 4.68 Å². The van der Waals surface area contributed by atoms with Crippen LogP contribution in [0.3, 0.4) is 0 Å². The summed E-state index contributed by atoms with van der Waals surface area (Å²) in [6.45, 7) is 0. The van der Waals surface area contributed by atoms with E-state index in [0.717, 1.165) is 12.8 Å². The molecule has 1 aliphatic heterocycles. The van der Waals surface area contributed by atoms with Crippen LogP contribution in [0.15, 0.2) is 55.0 Å². The molecule has 2 bridgehead atoms. The van der Waals surface area contributed by atoms with E-state index in [1.807, 2.05) is 0 Å². The fraction of sp³-hybridized carbons (Fsp3) is 0.231. The number of aromatic amines is 1. The molecule has 0 saturated heterocycles. The average Bonchev–Trinajstić information content (AvgIpc) is 3.59. The van der Waals surface area contributed by atoms with Gasteiger partial charge in [0.15, 0.2) is 0 Å². The molecule has 2 amide bonds. The Morgan fingerprint density at radius 2 is 2.08 bits per heavy atom. The summed E-state index contributed by atoms with van der Waals surface area (Å²) in [7, 11) is 0. The molecule has 5 rings (SSSR count). The van der Waals surface area contributed by atoms with Crippen LogP contribution in [0.25, 0.3) is 23.0 Å². The van der Waals surface area contributed by atoms with E-state index in [9.17, 15) is 14.0 Å². The summed E-state index contributed by atoms with van der Waals surface area (Å²) in [5.74, 6) is -0.375. The number of halogens is 2. The molecular weight excluding hydrogens is 511 g/mol. The number of H-pyrrole nitrogens is 1. The number of imidazole rings is 1. The van der Waals surface area contributed by atoms with Crippen LogP contribution in [-0.2, 0) is 9.59 Å². The highest BCUT2D eigenvalue weighted by molar-refractivity contribution is 6.30. The fourth-order valence-electron chi connectivity index (χ4n) is 4.33. The second kappa shape index (κ2) is 11.3. The molecule has 0 fully saturated rings. The number of amides is 2. The smallest absolute Gasteiger partial charge is 0.244 e. The van der Waals surface area contributed by atoms with Crippen molar-refractivity contribution in [3.63, 3.8) is 0 Å². The average molecular weight is 535 g/mol. The van der Waals surface area contributed by atoms with Crippen molar-refractivity contribution in [3.05, 3.63) is 77.2 Å². The van der Waals surface area contributed by atoms with Crippen LogP contribution >= 0.6 is 11.6 Å². The van der Waals surface area contributed by atoms with Crippen molar-refractivity contribution < 1.29 is 14.0 Å². The van der Waals surface area contributed by atoms with E-state index >= 15 is 0 Å². The van der Waals surface area contributed by atoms with Gasteiger partial charge in [-0.05, 0) is 65.7 Å². The number of carbonyl (C=O) groups is 2. The van der Waals surface area contributed by atoms with Gasteiger partial charge in [-0.25, -0.2) is 9.37 Å². The predicted molar refractivity (Wildman–Crippen MR) is 140 cm³/mol. The molecule has 0 radical (unpaired) electrons. The zero-order valence-corrected chi connectivity index (χ0v) is 21.0. The summed E-state index contributed by atoms with van der Waals surface area (Å²) < 4.78 is 15.4. The van der Waals surface area contributed by atoms with E-state index in [1.54, 1.807) is 36.5 Å². The number of aromatic nitrogens is 6. The van der Waals surface area contributed by atoms with Crippen molar-refractivity contribution in [2.24, 2.45) is 0 Å². The zero-order chi connectivity index (χ0) is 26.5. The number of tetrazole rings is 1. The molecule has 0 spiro atoms. The maximum atomic E-state index is 13.9. The van der Waals surface area contributed by atoms with E-state index < -0.39 is 11.9 Å². The van der Waals surface area contributed by atoms with Gasteiger partial charge in [0.1, 0.15) is 18.0 Å². The molecule has 4 aromatic rings. The van der Waals surface area contributed by atoms with Crippen LogP contribution in [0.4, 0.5) is 10.1 Å². The molecule has 10 nitrogen and oxygen atoms in total. The molecule has 38 heavy (non-hydrogen) atoms. The molecule has 3 heterocycles. The maximum Gasteiger partial charge on any atom is 0.244 e. The van der Waals surface area contributed by atoms with Crippen LogP contribution < -0.4 is 10.6 Å². The van der Waals surface area contributed by atoms with Crippen LogP contribution in [0.2, 0.25) is 5.02 Å². The SMILES string of the molecule is O=C(C=Cc1cc(Cl)ccc1-n1cnnn1)N[C@H]1CCCCCC(=O)Nc2cc(F)ccc2-c2cnc1[nH]2. The standard InChI is InChI=1S/C26H24ClFN8O2/c27-17-7-10-23(36-15-30-34-35-36)16(12-17)6-11-25(38)31-20-4-2-1-3-5-24(37)32-21-13-18(28)8-9-19(21)22-14-29-26(20)33-22/h6-15,20H,1-5H2,(H,29,33)(H,31,38)(H,32,37)/t20-/m0/s1. The molecule has 12 heteroatoms. The van der Waals surface area contributed by atoms with E-state index in [0.29, 0.717) is 58.3 Å². The summed E-state index contributed by atoms with van der Waals surface area (Å²) in [6, 6.07) is 9.00. The van der Waals surface area contributed by atoms with E-state index in [-0.39, 0.29) is 11.8 Å². The summed E-state index contributed by atoms with van der Waals surface area (Å²) in [4.78, 5) is 33.1. The van der Waals surface area contributed by atoms with E-state index in [1.165, 1.54) is 29.2 Å². The second-order valence-electron chi connectivity index (χ2n) is 8.87. The van der Waals surface area contributed by atoms with Gasteiger partial charge in [-0.3, -0.25) is 9.59 Å². The van der Waals surface area contributed by atoms with E-state index in [2.05, 4.69) is 36.1 Å². The highest BCUT2D eigenvalue weighted by Crippen LogP contribution is 2.30. The van der Waals surface area contributed by atoms with Gasteiger partial charge in [-0.15, -0.1) is 5.10 Å². The van der Waals surface area contributed by atoms with Crippen LogP contribution in [0, 0.1) is 5.82 Å². The van der Waals surface area contributed by atoms with Crippen LogP contribution in [0.1, 0.15) is 49.5 Å². The number of nitrogens with zero attached hydrogens (tertiary/aromatic N) is 5. The van der Waals surface area contributed by atoms with Crippen LogP contribution in [0.5, 0.6) is 0 Å². The van der Waals surface area contributed by atoms with Gasteiger partial charge >= 0.3 is 0 Å². The Morgan fingerprint density at radius 1 is 1.18 bits per heavy atom. The number of anilines is 1. The predicted octanol–water partition coefficient (Wildman–Crippen LogP) is 4.62. The van der Waals surface area contributed by atoms with Crippen molar-refractivity contribution in [2.75, 3.05) is 5.32 Å². The van der Waals surface area contributed by atoms with Crippen molar-refractivity contribution in [1.29, 1.82) is 0 Å². The quantitative estimate of drug-likeness (QED) is 0.327. The minimum Gasteiger partial charge on any atom is -0.343 e. The van der Waals surface area contributed by atoms with Gasteiger partial charge in [0.25, 0.3) is 0 Å². The summed E-state index contributed by atoms with van der Waals surface area (Å²) in [6.07, 6.45) is 9.33. The maximum absolute atomic E-state index is 13.9. The third kappa shape index (κ3) is 5.94. The lowest BCUT2D eigenvalue weighted by Gasteiger charge is -2.16. The second-order valence-corrected chi connectivity index (χ2v) is 9.31. The lowest BCUT2D eigenvalue weighted by Crippen LogP contribution is -2.27. The Kier molecular flexibility index (Phi) is 7.55. The first-order chi connectivity index (χ1) is 18.5. The molecule has 1 atom stereocenters. The van der Waals surface area contributed by atoms with Gasteiger partial charge in [0, 0.05) is 28.6 Å².